The molecular weight excluding hydrogens is 2020 g/mol. The fourth-order valence-electron chi connectivity index (χ4n) is 15.0. The molecule has 11 aromatic rings. The highest BCUT2D eigenvalue weighted by Gasteiger charge is 2.35. The predicted molar refractivity (Wildman–Crippen MR) is 518 cm³/mol. The maximum atomic E-state index is 14.7. The van der Waals surface area contributed by atoms with Gasteiger partial charge in [-0.3, -0.25) is 24.0 Å². The molecule has 23 nitrogen and oxygen atoms in total. The molecule has 1 aromatic heterocycles. The minimum atomic E-state index is -3.62. The van der Waals surface area contributed by atoms with Gasteiger partial charge in [0.1, 0.15) is 52.7 Å². The lowest BCUT2D eigenvalue weighted by Crippen LogP contribution is -2.21. The first kappa shape index (κ1) is 108. The van der Waals surface area contributed by atoms with Crippen LogP contribution in [0.1, 0.15) is 107 Å². The first-order valence-electron chi connectivity index (χ1n) is 42.5. The van der Waals surface area contributed by atoms with Gasteiger partial charge < -0.3 is 65.3 Å². The molecule has 0 atom stereocenters. The normalized spacial score (nSPS) is 13.1. The van der Waals surface area contributed by atoms with Gasteiger partial charge in [0.2, 0.25) is 0 Å². The van der Waals surface area contributed by atoms with Crippen molar-refractivity contribution in [3.63, 3.8) is 0 Å². The Morgan fingerprint density at radius 3 is 1.46 bits per heavy atom. The fraction of sp³-hybridized carbons (Fsp3) is 0.196. The van der Waals surface area contributed by atoms with Crippen molar-refractivity contribution in [1.82, 2.24) is 0 Å². The number of carbonyl (C=O) groups is 10. The highest BCUT2D eigenvalue weighted by molar-refractivity contribution is 8.00. The maximum Gasteiger partial charge on any atom is 0.394 e. The quantitative estimate of drug-likeness (QED) is 0.0118. The summed E-state index contributed by atoms with van der Waals surface area (Å²) in [6.07, 6.45) is 0.731. The third-order valence-electron chi connectivity index (χ3n) is 22.0. The molecular formula is C102H81Cl5F10N4O19S2. The van der Waals surface area contributed by atoms with Crippen LogP contribution in [0.5, 0.6) is 23.0 Å². The first-order valence-corrected chi connectivity index (χ1v) is 46.5. The molecule has 0 fully saturated rings. The number of hydrogen-bond acceptors (Lipinski definition) is 17. The van der Waals surface area contributed by atoms with Gasteiger partial charge in [-0.15, -0.1) is 11.3 Å². The molecule has 740 valence electrons. The van der Waals surface area contributed by atoms with Crippen molar-refractivity contribution >= 4 is 163 Å². The van der Waals surface area contributed by atoms with Crippen LogP contribution in [0.25, 0.3) is 33.4 Å². The summed E-state index contributed by atoms with van der Waals surface area (Å²) in [4.78, 5) is 120. The van der Waals surface area contributed by atoms with E-state index in [4.69, 9.17) is 87.5 Å². The van der Waals surface area contributed by atoms with E-state index in [1.165, 1.54) is 72.8 Å². The Morgan fingerprint density at radius 2 is 0.930 bits per heavy atom. The van der Waals surface area contributed by atoms with Crippen molar-refractivity contribution in [3.8, 4) is 56.4 Å². The SMILES string of the molecule is CC(F)(F)Oc1cccc(-c2c(F)c(F)c(NC(=O)C3=C(C(=O)O)CSC3)c(F)c2F)c1.CN(C)c1ccc(-c2ccc(CC(=O)C3=C(C(=O)O)CCC3)cc2Cl)cc1.COc1cccc(-c2ccc(CC(=O)c3ccsc3C(=O)O)c(F)c2)c1.O=C(O)C1=C(C(=O)Nc2cc(Cl)c(OCc3c(F)cccc3Cl)c(Cl)c2)CCC1.O=C(O)C1=C(C(=O)Nc2ccc(OCc3c(F)cccc3Cl)c(F)c2)CCC1. The lowest BCUT2D eigenvalue weighted by atomic mass is 9.98. The van der Waals surface area contributed by atoms with Crippen LogP contribution < -0.4 is 39.8 Å². The van der Waals surface area contributed by atoms with Crippen molar-refractivity contribution in [1.29, 1.82) is 0 Å². The van der Waals surface area contributed by atoms with E-state index < -0.39 is 129 Å². The van der Waals surface area contributed by atoms with Gasteiger partial charge in [0.05, 0.1) is 38.3 Å². The fourth-order valence-corrected chi connectivity index (χ4v) is 18.2. The average molecular weight is 2100 g/mol. The number of ketones is 2. The van der Waals surface area contributed by atoms with E-state index >= 15 is 0 Å². The Labute approximate surface area is 836 Å². The predicted octanol–water partition coefficient (Wildman–Crippen LogP) is 25.0. The van der Waals surface area contributed by atoms with E-state index in [1.807, 2.05) is 67.5 Å². The number of thioether (sulfide) groups is 1. The van der Waals surface area contributed by atoms with Crippen LogP contribution in [0.2, 0.25) is 25.1 Å². The van der Waals surface area contributed by atoms with Crippen molar-refractivity contribution in [2.24, 2.45) is 0 Å². The van der Waals surface area contributed by atoms with Gasteiger partial charge in [0.25, 0.3) is 17.7 Å². The smallest absolute Gasteiger partial charge is 0.394 e. The number of rotatable bonds is 30. The molecule has 15 rings (SSSR count). The highest BCUT2D eigenvalue weighted by atomic mass is 35.5. The zero-order valence-electron chi connectivity index (χ0n) is 74.9. The Kier molecular flexibility index (Phi) is 37.4. The molecule has 40 heteroatoms. The van der Waals surface area contributed by atoms with Gasteiger partial charge in [0.15, 0.2) is 52.2 Å². The van der Waals surface area contributed by atoms with Crippen LogP contribution in [-0.4, -0.2) is 123 Å². The molecule has 3 aliphatic carbocycles. The topological polar surface area (TPSA) is 348 Å². The second-order valence-electron chi connectivity index (χ2n) is 31.8. The molecule has 0 saturated heterocycles. The van der Waals surface area contributed by atoms with Crippen LogP contribution in [0.4, 0.5) is 66.7 Å². The first-order chi connectivity index (χ1) is 67.4. The van der Waals surface area contributed by atoms with Crippen LogP contribution in [0, 0.1) is 46.5 Å². The van der Waals surface area contributed by atoms with Gasteiger partial charge in [0, 0.05) is 135 Å². The monoisotopic (exact) mass is 2090 g/mol. The zero-order valence-corrected chi connectivity index (χ0v) is 80.3. The Bertz CT molecular complexity index is 6840. The standard InChI is InChI=1S/C22H22ClNO3.C20H15Cl3FNO4.C20H16ClF2NO4.C20H13F6NO4S.C20H15FO4S/c1-24(2)16-9-7-15(8-10-16)17-11-6-14(12-20(17)23)13-21(25)18-4-3-5-19(18)22(26)27;21-14-5-2-6-17(24)13(14)9-29-18-15(22)7-10(8-16(18)23)25-19(26)11-3-1-4-12(11)20(27)28;21-15-5-2-6-16(22)14(15)10-28-18-8-7-11(9-17(18)23)24-19(25)12-3-1-4-13(12)20(26)27;1-20(25,26)31-9-4-2-3-8(5-9)12-13(21)15(23)17(16(24)14(12)22)27-18(28)10-6-32-7-11(10)19(29)30;1-25-15-4-2-3-12(9-15)13-5-6-14(17(21)10-13)11-18(22)16-7-8-26-19(16)20(23)24/h6-12H,3-5,13H2,1-2H3,(H,26,27);2,5-8H,1,3-4,9H2,(H,25,26)(H,27,28);2,5-9H,1,3-4,10H2,(H,24,25)(H,26,27);2-5H,6-7H2,1H3,(H,27,28)(H,29,30);2-10H,11H2,1H3,(H,23,24). The minimum absolute atomic E-state index is 0.0246. The number of nitrogens with zero attached hydrogens (tertiary/aromatic N) is 1. The second-order valence-corrected chi connectivity index (χ2v) is 35.7. The molecule has 10 aromatic carbocycles. The number of ether oxygens (including phenoxy) is 4. The molecule has 0 spiro atoms. The van der Waals surface area contributed by atoms with Gasteiger partial charge in [-0.2, -0.15) is 20.5 Å². The van der Waals surface area contributed by atoms with Crippen LogP contribution in [-0.2, 0) is 64.4 Å². The number of halogens is 15. The summed E-state index contributed by atoms with van der Waals surface area (Å²) in [6, 6.07) is 46.0. The third-order valence-corrected chi connectivity index (χ3v) is 25.5. The summed E-state index contributed by atoms with van der Waals surface area (Å²) >= 11 is 32.8. The summed E-state index contributed by atoms with van der Waals surface area (Å²) in [7, 11) is 5.54. The number of thiophene rings is 1. The van der Waals surface area contributed by atoms with Gasteiger partial charge in [-0.25, -0.2) is 59.1 Å². The number of hydrogen-bond donors (Lipinski definition) is 8. The second kappa shape index (κ2) is 49.0. The van der Waals surface area contributed by atoms with E-state index in [-0.39, 0.29) is 152 Å². The summed E-state index contributed by atoms with van der Waals surface area (Å²) < 4.78 is 161. The van der Waals surface area contributed by atoms with E-state index in [1.54, 1.807) is 48.1 Å². The number of carboxylic acid groups (broad SMARTS) is 5. The molecule has 0 unspecified atom stereocenters. The number of carbonyl (C=O) groups excluding carboxylic acids is 5. The van der Waals surface area contributed by atoms with E-state index in [2.05, 4.69) is 15.4 Å². The number of benzene rings is 10. The largest absolute Gasteiger partial charge is 0.497 e. The number of carboxylic acids is 5. The molecule has 1 aliphatic heterocycles. The molecule has 4 aliphatic rings. The molecule has 2 heterocycles. The van der Waals surface area contributed by atoms with Crippen molar-refractivity contribution in [3.05, 3.63) is 336 Å². The third kappa shape index (κ3) is 27.9. The minimum Gasteiger partial charge on any atom is -0.497 e. The zero-order chi connectivity index (χ0) is 103. The van der Waals surface area contributed by atoms with Gasteiger partial charge in [-0.1, -0.05) is 131 Å². The molecule has 0 radical (unpaired) electrons. The summed E-state index contributed by atoms with van der Waals surface area (Å²) in [5.41, 5.74) is 3.94. The molecule has 8 N–H and O–H groups in total. The van der Waals surface area contributed by atoms with E-state index in [9.17, 15) is 102 Å². The lowest BCUT2D eigenvalue weighted by Gasteiger charge is -2.16. The van der Waals surface area contributed by atoms with E-state index in [0.717, 1.165) is 87.8 Å². The number of nitrogens with one attached hydrogen (secondary N) is 3. The molecule has 142 heavy (non-hydrogen) atoms. The van der Waals surface area contributed by atoms with Crippen LogP contribution in [0.3, 0.4) is 0 Å². The van der Waals surface area contributed by atoms with Crippen LogP contribution in [0.15, 0.2) is 232 Å². The number of amides is 3. The molecule has 3 amide bonds. The van der Waals surface area contributed by atoms with Gasteiger partial charge >= 0.3 is 36.0 Å². The average Bonchev–Trinajstić information content (AvgIpc) is 1.58. The Morgan fingerprint density at radius 1 is 0.430 bits per heavy atom. The summed E-state index contributed by atoms with van der Waals surface area (Å²) in [5.74, 6) is -18.6. The number of anilines is 4. The Hall–Kier alpha value is -13.9. The molecule has 0 saturated carbocycles. The number of aliphatic carboxylic acids is 4. The lowest BCUT2D eigenvalue weighted by molar-refractivity contribution is -0.159. The maximum absolute atomic E-state index is 14.7. The molecule has 0 bridgehead atoms. The number of methoxy groups -OCH3 is 1. The van der Waals surface area contributed by atoms with Crippen molar-refractivity contribution in [2.75, 3.05) is 53.6 Å². The van der Waals surface area contributed by atoms with Crippen molar-refractivity contribution in [2.45, 2.75) is 96.9 Å². The number of aromatic carboxylic acids is 1. The summed E-state index contributed by atoms with van der Waals surface area (Å²) in [5, 5.41) is 55.2. The Balaban J connectivity index is 0.000000170. The van der Waals surface area contributed by atoms with Crippen LogP contribution >= 0.6 is 81.1 Å². The number of Topliss-reactive ketones (excluding diaryl/α,β-unsaturated/α-hetero) is 2. The number of allylic oxidation sites excluding steroid dienone is 1. The highest BCUT2D eigenvalue weighted by Crippen LogP contribution is 2.43. The van der Waals surface area contributed by atoms with E-state index in [0.29, 0.717) is 80.2 Å². The van der Waals surface area contributed by atoms with Gasteiger partial charge in [-0.05, 0) is 200 Å². The number of alkyl halides is 2. The van der Waals surface area contributed by atoms with Crippen molar-refractivity contribution < 1.29 is 136 Å². The summed E-state index contributed by atoms with van der Waals surface area (Å²) in [6.45, 7) is -0.0276.